The Morgan fingerprint density at radius 3 is 2.78 bits per heavy atom. The number of hydrogen-bond acceptors (Lipinski definition) is 4. The predicted octanol–water partition coefficient (Wildman–Crippen LogP) is 2.83. The average Bonchev–Trinajstić information content (AvgIpc) is 2.53. The van der Waals surface area contributed by atoms with Crippen LogP contribution in [0, 0.1) is 0 Å². The lowest BCUT2D eigenvalue weighted by molar-refractivity contribution is -0.143. The van der Waals surface area contributed by atoms with E-state index in [-0.39, 0.29) is 18.1 Å². The van der Waals surface area contributed by atoms with Gasteiger partial charge in [-0.15, -0.1) is 0 Å². The summed E-state index contributed by atoms with van der Waals surface area (Å²) >= 11 is 6.11. The number of esters is 1. The summed E-state index contributed by atoms with van der Waals surface area (Å²) in [4.78, 5) is 23.7. The molecule has 0 N–H and O–H groups in total. The number of nitrogens with zero attached hydrogens (tertiary/aromatic N) is 2. The number of aromatic nitrogens is 2. The van der Waals surface area contributed by atoms with Crippen LogP contribution in [-0.2, 0) is 22.5 Å². The molecule has 0 spiro atoms. The molecule has 6 heteroatoms. The van der Waals surface area contributed by atoms with Gasteiger partial charge in [0.2, 0.25) is 0 Å². The highest BCUT2D eigenvalue weighted by Gasteiger charge is 2.08. The molecule has 23 heavy (non-hydrogen) atoms. The molecule has 2 rings (SSSR count). The smallest absolute Gasteiger partial charge is 0.305 e. The second kappa shape index (κ2) is 8.48. The van der Waals surface area contributed by atoms with E-state index in [4.69, 9.17) is 16.3 Å². The van der Waals surface area contributed by atoms with Crippen molar-refractivity contribution >= 4 is 17.6 Å². The van der Waals surface area contributed by atoms with Gasteiger partial charge in [-0.3, -0.25) is 9.59 Å². The topological polar surface area (TPSA) is 61.2 Å². The van der Waals surface area contributed by atoms with Gasteiger partial charge in [-0.1, -0.05) is 36.7 Å². The number of rotatable bonds is 7. The Kier molecular flexibility index (Phi) is 6.35. The highest BCUT2D eigenvalue weighted by atomic mass is 35.5. The van der Waals surface area contributed by atoms with Crippen LogP contribution in [0.5, 0.6) is 0 Å². The van der Waals surface area contributed by atoms with E-state index in [1.54, 1.807) is 18.3 Å². The lowest BCUT2D eigenvalue weighted by Gasteiger charge is -2.08. The molecular weight excluding hydrogens is 316 g/mol. The number of halogens is 1. The second-order valence-corrected chi connectivity index (χ2v) is 5.54. The third kappa shape index (κ3) is 4.93. The molecule has 1 aromatic carbocycles. The van der Waals surface area contributed by atoms with Crippen molar-refractivity contribution in [1.82, 2.24) is 9.78 Å². The van der Waals surface area contributed by atoms with Crippen molar-refractivity contribution in [3.05, 3.63) is 63.0 Å². The molecule has 5 nitrogen and oxygen atoms in total. The van der Waals surface area contributed by atoms with Crippen LogP contribution >= 0.6 is 11.6 Å². The predicted molar refractivity (Wildman–Crippen MR) is 88.6 cm³/mol. The van der Waals surface area contributed by atoms with Gasteiger partial charge in [0.1, 0.15) is 0 Å². The Hall–Kier alpha value is -2.14. The molecule has 0 aliphatic carbocycles. The summed E-state index contributed by atoms with van der Waals surface area (Å²) in [5.41, 5.74) is 1.20. The third-order valence-corrected chi connectivity index (χ3v) is 3.73. The molecule has 0 atom stereocenters. The standard InChI is InChI=1S/C17H19ClN2O3/c1-2-5-16(21)23-11-9-13-8-10-19-20(17(13)22)12-14-6-3-4-7-15(14)18/h3-4,6-8,10H,2,5,9,11-12H2,1H3. The summed E-state index contributed by atoms with van der Waals surface area (Å²) in [7, 11) is 0. The highest BCUT2D eigenvalue weighted by Crippen LogP contribution is 2.15. The molecule has 0 aliphatic heterocycles. The quantitative estimate of drug-likeness (QED) is 0.730. The van der Waals surface area contributed by atoms with Crippen LogP contribution in [0.3, 0.4) is 0 Å². The second-order valence-electron chi connectivity index (χ2n) is 5.13. The first kappa shape index (κ1) is 17.2. The molecule has 122 valence electrons. The Balaban J connectivity index is 2.05. The molecule has 1 aromatic heterocycles. The zero-order chi connectivity index (χ0) is 16.7. The molecule has 0 saturated carbocycles. The van der Waals surface area contributed by atoms with Crippen molar-refractivity contribution in [1.29, 1.82) is 0 Å². The lowest BCUT2D eigenvalue weighted by atomic mass is 10.2. The van der Waals surface area contributed by atoms with E-state index in [2.05, 4.69) is 5.10 Å². The molecule has 0 radical (unpaired) electrons. The Bertz CT molecular complexity index is 728. The summed E-state index contributed by atoms with van der Waals surface area (Å²) in [5, 5.41) is 4.68. The minimum Gasteiger partial charge on any atom is -0.465 e. The summed E-state index contributed by atoms with van der Waals surface area (Å²) < 4.78 is 6.46. The van der Waals surface area contributed by atoms with E-state index >= 15 is 0 Å². The van der Waals surface area contributed by atoms with Gasteiger partial charge in [0, 0.05) is 29.6 Å². The normalized spacial score (nSPS) is 10.5. The zero-order valence-electron chi connectivity index (χ0n) is 13.0. The molecule has 0 unspecified atom stereocenters. The minimum absolute atomic E-state index is 0.195. The van der Waals surface area contributed by atoms with Crippen LogP contribution in [0.4, 0.5) is 0 Å². The molecule has 0 amide bonds. The number of ether oxygens (including phenoxy) is 1. The lowest BCUT2D eigenvalue weighted by Crippen LogP contribution is -2.27. The molecule has 0 saturated heterocycles. The molecule has 0 fully saturated rings. The van der Waals surface area contributed by atoms with Crippen molar-refractivity contribution in [2.75, 3.05) is 6.61 Å². The van der Waals surface area contributed by atoms with E-state index in [1.807, 2.05) is 25.1 Å². The summed E-state index contributed by atoms with van der Waals surface area (Å²) in [5.74, 6) is -0.238. The van der Waals surface area contributed by atoms with Gasteiger partial charge >= 0.3 is 5.97 Å². The Morgan fingerprint density at radius 1 is 1.26 bits per heavy atom. The molecular formula is C17H19ClN2O3. The van der Waals surface area contributed by atoms with Gasteiger partial charge in [0.25, 0.3) is 5.56 Å². The van der Waals surface area contributed by atoms with Crippen LogP contribution in [0.1, 0.15) is 30.9 Å². The fourth-order valence-corrected chi connectivity index (χ4v) is 2.33. The van der Waals surface area contributed by atoms with Gasteiger partial charge in [-0.2, -0.15) is 5.10 Å². The fraction of sp³-hybridized carbons (Fsp3) is 0.353. The van der Waals surface area contributed by atoms with Crippen molar-refractivity contribution in [2.24, 2.45) is 0 Å². The summed E-state index contributed by atoms with van der Waals surface area (Å²) in [6.45, 7) is 2.42. The fourth-order valence-electron chi connectivity index (χ4n) is 2.14. The Labute approximate surface area is 139 Å². The van der Waals surface area contributed by atoms with Gasteiger partial charge in [-0.05, 0) is 24.1 Å². The van der Waals surface area contributed by atoms with Gasteiger partial charge < -0.3 is 4.74 Å². The average molecular weight is 335 g/mol. The SMILES string of the molecule is CCCC(=O)OCCc1ccnn(Cc2ccccc2Cl)c1=O. The summed E-state index contributed by atoms with van der Waals surface area (Å²) in [6, 6.07) is 8.99. The molecule has 2 aromatic rings. The first-order valence-electron chi connectivity index (χ1n) is 7.56. The van der Waals surface area contributed by atoms with Crippen molar-refractivity contribution < 1.29 is 9.53 Å². The molecule has 0 aliphatic rings. The van der Waals surface area contributed by atoms with E-state index in [0.717, 1.165) is 12.0 Å². The van der Waals surface area contributed by atoms with E-state index in [0.29, 0.717) is 30.0 Å². The monoisotopic (exact) mass is 334 g/mol. The van der Waals surface area contributed by atoms with Gasteiger partial charge in [-0.25, -0.2) is 4.68 Å². The van der Waals surface area contributed by atoms with E-state index in [1.165, 1.54) is 4.68 Å². The number of benzene rings is 1. The maximum Gasteiger partial charge on any atom is 0.305 e. The molecule has 1 heterocycles. The first-order chi connectivity index (χ1) is 11.1. The molecule has 0 bridgehead atoms. The van der Waals surface area contributed by atoms with Crippen molar-refractivity contribution in [3.63, 3.8) is 0 Å². The van der Waals surface area contributed by atoms with Gasteiger partial charge in [0.15, 0.2) is 0 Å². The maximum atomic E-state index is 12.4. The van der Waals surface area contributed by atoms with E-state index < -0.39 is 0 Å². The minimum atomic E-state index is -0.238. The maximum absolute atomic E-state index is 12.4. The number of hydrogen-bond donors (Lipinski definition) is 0. The van der Waals surface area contributed by atoms with Crippen molar-refractivity contribution in [2.45, 2.75) is 32.7 Å². The van der Waals surface area contributed by atoms with Crippen LogP contribution in [-0.4, -0.2) is 22.4 Å². The first-order valence-corrected chi connectivity index (χ1v) is 7.93. The zero-order valence-corrected chi connectivity index (χ0v) is 13.8. The highest BCUT2D eigenvalue weighted by molar-refractivity contribution is 6.31. The van der Waals surface area contributed by atoms with Crippen molar-refractivity contribution in [3.8, 4) is 0 Å². The van der Waals surface area contributed by atoms with Crippen LogP contribution in [0.25, 0.3) is 0 Å². The third-order valence-electron chi connectivity index (χ3n) is 3.36. The summed E-state index contributed by atoms with van der Waals surface area (Å²) in [6.07, 6.45) is 3.09. The van der Waals surface area contributed by atoms with Crippen LogP contribution in [0.15, 0.2) is 41.3 Å². The van der Waals surface area contributed by atoms with Crippen LogP contribution in [0.2, 0.25) is 5.02 Å². The largest absolute Gasteiger partial charge is 0.465 e. The van der Waals surface area contributed by atoms with Gasteiger partial charge in [0.05, 0.1) is 13.2 Å². The van der Waals surface area contributed by atoms with Crippen LogP contribution < -0.4 is 5.56 Å². The Morgan fingerprint density at radius 2 is 2.04 bits per heavy atom. The number of carbonyl (C=O) groups is 1. The number of carbonyl (C=O) groups excluding carboxylic acids is 1. The van der Waals surface area contributed by atoms with E-state index in [9.17, 15) is 9.59 Å².